The van der Waals surface area contributed by atoms with Crippen molar-refractivity contribution in [2.24, 2.45) is 4.99 Å². The Morgan fingerprint density at radius 2 is 1.86 bits per heavy atom. The average Bonchev–Trinajstić information content (AvgIpc) is 2.42. The minimum Gasteiger partial charge on any atom is -0.459 e. The number of ether oxygens (including phenoxy) is 1. The number of rotatable bonds is 5. The summed E-state index contributed by atoms with van der Waals surface area (Å²) < 4.78 is 18.1. The molecule has 0 saturated carbocycles. The summed E-state index contributed by atoms with van der Waals surface area (Å²) >= 11 is 0. The van der Waals surface area contributed by atoms with Crippen LogP contribution in [0.3, 0.4) is 0 Å². The van der Waals surface area contributed by atoms with Gasteiger partial charge >= 0.3 is 5.97 Å². The summed E-state index contributed by atoms with van der Waals surface area (Å²) in [5, 5.41) is 5.95. The molecule has 0 atom stereocenters. The van der Waals surface area contributed by atoms with Gasteiger partial charge in [-0.1, -0.05) is 12.1 Å². The SMILES string of the molecule is CCNC(=NCc1ccc(F)cc1)NCC(=O)OC(C)(C)C. The molecule has 0 bridgehead atoms. The minimum atomic E-state index is -0.512. The Balaban J connectivity index is 2.55. The lowest BCUT2D eigenvalue weighted by molar-refractivity contribution is -0.153. The highest BCUT2D eigenvalue weighted by Gasteiger charge is 2.16. The van der Waals surface area contributed by atoms with Crippen molar-refractivity contribution < 1.29 is 13.9 Å². The summed E-state index contributed by atoms with van der Waals surface area (Å²) in [6, 6.07) is 6.14. The predicted octanol–water partition coefficient (Wildman–Crippen LogP) is 2.22. The number of benzene rings is 1. The second-order valence-corrected chi connectivity index (χ2v) is 5.76. The summed E-state index contributed by atoms with van der Waals surface area (Å²) in [4.78, 5) is 16.0. The highest BCUT2D eigenvalue weighted by Crippen LogP contribution is 2.06. The van der Waals surface area contributed by atoms with Crippen molar-refractivity contribution in [1.82, 2.24) is 10.6 Å². The van der Waals surface area contributed by atoms with Crippen molar-refractivity contribution in [1.29, 1.82) is 0 Å². The smallest absolute Gasteiger partial charge is 0.325 e. The number of aliphatic imine (C=N–C) groups is 1. The van der Waals surface area contributed by atoms with Gasteiger partial charge in [0.25, 0.3) is 0 Å². The first-order chi connectivity index (χ1) is 10.3. The molecule has 0 radical (unpaired) electrons. The molecule has 1 aromatic rings. The first kappa shape index (κ1) is 17.9. The van der Waals surface area contributed by atoms with Gasteiger partial charge < -0.3 is 15.4 Å². The van der Waals surface area contributed by atoms with Gasteiger partial charge in [-0.15, -0.1) is 0 Å². The first-order valence-electron chi connectivity index (χ1n) is 7.28. The third-order valence-corrected chi connectivity index (χ3v) is 2.50. The molecule has 0 amide bonds. The normalized spacial score (nSPS) is 12.0. The van der Waals surface area contributed by atoms with E-state index < -0.39 is 5.60 Å². The van der Waals surface area contributed by atoms with E-state index in [0.29, 0.717) is 19.0 Å². The number of halogens is 1. The van der Waals surface area contributed by atoms with Crippen LogP contribution in [0.2, 0.25) is 0 Å². The second kappa shape index (κ2) is 8.36. The Labute approximate surface area is 131 Å². The Morgan fingerprint density at radius 1 is 1.23 bits per heavy atom. The zero-order chi connectivity index (χ0) is 16.6. The van der Waals surface area contributed by atoms with E-state index in [1.165, 1.54) is 12.1 Å². The van der Waals surface area contributed by atoms with E-state index in [2.05, 4.69) is 15.6 Å². The van der Waals surface area contributed by atoms with Crippen molar-refractivity contribution in [3.8, 4) is 0 Å². The number of hydrogen-bond acceptors (Lipinski definition) is 3. The zero-order valence-electron chi connectivity index (χ0n) is 13.6. The van der Waals surface area contributed by atoms with Crippen molar-refractivity contribution in [3.05, 3.63) is 35.6 Å². The summed E-state index contributed by atoms with van der Waals surface area (Å²) in [5.74, 6) is -0.111. The standard InChI is InChI=1S/C16H24FN3O2/c1-5-18-15(20-11-14(21)22-16(2,3)4)19-10-12-6-8-13(17)9-7-12/h6-9H,5,10-11H2,1-4H3,(H2,18,19,20). The summed E-state index contributed by atoms with van der Waals surface area (Å²) in [7, 11) is 0. The summed E-state index contributed by atoms with van der Waals surface area (Å²) in [5.41, 5.74) is 0.374. The van der Waals surface area contributed by atoms with Crippen LogP contribution in [-0.2, 0) is 16.1 Å². The van der Waals surface area contributed by atoms with Crippen molar-refractivity contribution in [2.45, 2.75) is 39.8 Å². The van der Waals surface area contributed by atoms with E-state index >= 15 is 0 Å². The number of carbonyl (C=O) groups excluding carboxylic acids is 1. The van der Waals surface area contributed by atoms with E-state index in [9.17, 15) is 9.18 Å². The van der Waals surface area contributed by atoms with Gasteiger partial charge in [-0.25, -0.2) is 9.38 Å². The van der Waals surface area contributed by atoms with Crippen molar-refractivity contribution in [3.63, 3.8) is 0 Å². The van der Waals surface area contributed by atoms with Crippen LogP contribution < -0.4 is 10.6 Å². The van der Waals surface area contributed by atoms with Gasteiger partial charge in [0, 0.05) is 6.54 Å². The Hall–Kier alpha value is -2.11. The maximum atomic E-state index is 12.8. The molecule has 2 N–H and O–H groups in total. The molecular weight excluding hydrogens is 285 g/mol. The van der Waals surface area contributed by atoms with Crippen LogP contribution >= 0.6 is 0 Å². The van der Waals surface area contributed by atoms with E-state index in [4.69, 9.17) is 4.74 Å². The predicted molar refractivity (Wildman–Crippen MR) is 85.1 cm³/mol. The zero-order valence-corrected chi connectivity index (χ0v) is 13.6. The molecule has 5 nitrogen and oxygen atoms in total. The van der Waals surface area contributed by atoms with Crippen molar-refractivity contribution >= 4 is 11.9 Å². The molecule has 0 heterocycles. The van der Waals surface area contributed by atoms with Gasteiger partial charge in [0.15, 0.2) is 5.96 Å². The van der Waals surface area contributed by atoms with Crippen LogP contribution in [0.1, 0.15) is 33.3 Å². The van der Waals surface area contributed by atoms with Gasteiger partial charge in [-0.2, -0.15) is 0 Å². The van der Waals surface area contributed by atoms with E-state index in [1.807, 2.05) is 27.7 Å². The fraction of sp³-hybridized carbons (Fsp3) is 0.500. The number of carbonyl (C=O) groups is 1. The number of nitrogens with one attached hydrogen (secondary N) is 2. The number of guanidine groups is 1. The third kappa shape index (κ3) is 7.61. The van der Waals surface area contributed by atoms with Gasteiger partial charge in [0.1, 0.15) is 18.0 Å². The Kier molecular flexibility index (Phi) is 6.82. The molecule has 6 heteroatoms. The van der Waals surface area contributed by atoms with E-state index in [-0.39, 0.29) is 18.3 Å². The summed E-state index contributed by atoms with van der Waals surface area (Å²) in [6.07, 6.45) is 0. The highest BCUT2D eigenvalue weighted by atomic mass is 19.1. The molecule has 1 aromatic carbocycles. The largest absolute Gasteiger partial charge is 0.459 e. The minimum absolute atomic E-state index is 0.0342. The Morgan fingerprint density at radius 3 is 2.41 bits per heavy atom. The fourth-order valence-electron chi connectivity index (χ4n) is 1.64. The molecule has 22 heavy (non-hydrogen) atoms. The molecule has 0 aliphatic rings. The van der Waals surface area contributed by atoms with Crippen LogP contribution in [0.4, 0.5) is 4.39 Å². The monoisotopic (exact) mass is 309 g/mol. The van der Waals surface area contributed by atoms with E-state index in [0.717, 1.165) is 5.56 Å². The highest BCUT2D eigenvalue weighted by molar-refractivity contribution is 5.84. The second-order valence-electron chi connectivity index (χ2n) is 5.76. The molecule has 0 fully saturated rings. The first-order valence-corrected chi connectivity index (χ1v) is 7.28. The van der Waals surface area contributed by atoms with Crippen LogP contribution in [0, 0.1) is 5.82 Å². The molecule has 122 valence electrons. The van der Waals surface area contributed by atoms with Crippen LogP contribution in [0.15, 0.2) is 29.3 Å². The number of esters is 1. The van der Waals surface area contributed by atoms with Crippen LogP contribution in [0.5, 0.6) is 0 Å². The van der Waals surface area contributed by atoms with Gasteiger partial charge in [0.05, 0.1) is 6.54 Å². The third-order valence-electron chi connectivity index (χ3n) is 2.50. The Bertz CT molecular complexity index is 507. The molecule has 0 unspecified atom stereocenters. The average molecular weight is 309 g/mol. The molecular formula is C16H24FN3O2. The fourth-order valence-corrected chi connectivity index (χ4v) is 1.64. The quantitative estimate of drug-likeness (QED) is 0.497. The van der Waals surface area contributed by atoms with Gasteiger partial charge in [-0.05, 0) is 45.4 Å². The molecule has 0 saturated heterocycles. The molecule has 0 aromatic heterocycles. The topological polar surface area (TPSA) is 62.7 Å². The molecule has 0 aliphatic carbocycles. The molecule has 0 spiro atoms. The lowest BCUT2D eigenvalue weighted by Gasteiger charge is -2.20. The molecule has 0 aliphatic heterocycles. The van der Waals surface area contributed by atoms with Crippen LogP contribution in [-0.4, -0.2) is 30.6 Å². The number of hydrogen-bond donors (Lipinski definition) is 2. The van der Waals surface area contributed by atoms with Crippen molar-refractivity contribution in [2.75, 3.05) is 13.1 Å². The van der Waals surface area contributed by atoms with E-state index in [1.54, 1.807) is 12.1 Å². The van der Waals surface area contributed by atoms with Gasteiger partial charge in [0.2, 0.25) is 0 Å². The van der Waals surface area contributed by atoms with Gasteiger partial charge in [-0.3, -0.25) is 4.79 Å². The maximum Gasteiger partial charge on any atom is 0.325 e. The lowest BCUT2D eigenvalue weighted by Crippen LogP contribution is -2.41. The summed E-state index contributed by atoms with van der Waals surface area (Å²) in [6.45, 7) is 8.48. The number of nitrogens with zero attached hydrogens (tertiary/aromatic N) is 1. The lowest BCUT2D eigenvalue weighted by atomic mass is 10.2. The molecule has 1 rings (SSSR count). The van der Waals surface area contributed by atoms with Crippen LogP contribution in [0.25, 0.3) is 0 Å². The maximum absolute atomic E-state index is 12.8.